The van der Waals surface area contributed by atoms with Gasteiger partial charge in [-0.3, -0.25) is 14.7 Å². The lowest BCUT2D eigenvalue weighted by Gasteiger charge is -2.37. The van der Waals surface area contributed by atoms with Gasteiger partial charge in [0.1, 0.15) is 5.84 Å². The van der Waals surface area contributed by atoms with Crippen molar-refractivity contribution in [3.8, 4) is 12.1 Å². The summed E-state index contributed by atoms with van der Waals surface area (Å²) in [7, 11) is 0. The maximum atomic E-state index is 13.5. The fraction of sp³-hybridized carbons (Fsp3) is 0.143. The second-order valence-electron chi connectivity index (χ2n) is 6.14. The van der Waals surface area contributed by atoms with E-state index in [1.807, 2.05) is 30.3 Å². The Kier molecular flexibility index (Phi) is 3.64. The Bertz CT molecular complexity index is 1040. The van der Waals surface area contributed by atoms with Gasteiger partial charge >= 0.3 is 0 Å². The molecule has 0 N–H and O–H groups in total. The minimum Gasteiger partial charge on any atom is -0.293 e. The molecule has 0 saturated carbocycles. The molecule has 2 aliphatic rings. The SMILES string of the molecule is N#Cc1ccccc1C1(C#N)C(=O)N2CCN=C2C=C1c1ccccc1. The number of rotatable bonds is 2. The van der Waals surface area contributed by atoms with E-state index < -0.39 is 5.41 Å². The maximum absolute atomic E-state index is 13.5. The zero-order valence-electron chi connectivity index (χ0n) is 13.9. The van der Waals surface area contributed by atoms with Crippen molar-refractivity contribution in [2.45, 2.75) is 5.41 Å². The lowest BCUT2D eigenvalue weighted by atomic mass is 9.68. The van der Waals surface area contributed by atoms with Crippen LogP contribution in [0.2, 0.25) is 0 Å². The average Bonchev–Trinajstić information content (AvgIpc) is 3.18. The van der Waals surface area contributed by atoms with Crippen LogP contribution in [0.3, 0.4) is 0 Å². The van der Waals surface area contributed by atoms with Gasteiger partial charge in [0.25, 0.3) is 5.91 Å². The molecule has 2 aromatic rings. The highest BCUT2D eigenvalue weighted by Crippen LogP contribution is 2.44. The third-order valence-corrected chi connectivity index (χ3v) is 4.82. The van der Waals surface area contributed by atoms with E-state index in [2.05, 4.69) is 17.1 Å². The molecule has 2 aromatic carbocycles. The molecule has 1 atom stereocenters. The molecule has 0 fully saturated rings. The summed E-state index contributed by atoms with van der Waals surface area (Å²) in [5, 5.41) is 19.8. The second kappa shape index (κ2) is 5.98. The highest BCUT2D eigenvalue weighted by atomic mass is 16.2. The molecule has 0 aromatic heterocycles. The molecule has 5 heteroatoms. The van der Waals surface area contributed by atoms with Crippen LogP contribution in [0.5, 0.6) is 0 Å². The van der Waals surface area contributed by atoms with Gasteiger partial charge in [0.05, 0.1) is 24.2 Å². The van der Waals surface area contributed by atoms with Crippen LogP contribution in [0.4, 0.5) is 0 Å². The number of carbonyl (C=O) groups excluding carboxylic acids is 1. The van der Waals surface area contributed by atoms with E-state index in [-0.39, 0.29) is 5.91 Å². The predicted molar refractivity (Wildman–Crippen MR) is 96.9 cm³/mol. The third kappa shape index (κ3) is 2.08. The number of amides is 1. The standard InChI is InChI=1S/C21H14N4O/c22-13-16-8-4-5-9-17(16)21(14-23)18(15-6-2-1-3-7-15)12-19-24-10-11-25(19)20(21)26/h1-9,12H,10-11H2. The summed E-state index contributed by atoms with van der Waals surface area (Å²) < 4.78 is 0. The topological polar surface area (TPSA) is 80.2 Å². The van der Waals surface area contributed by atoms with Gasteiger partial charge in [-0.15, -0.1) is 0 Å². The van der Waals surface area contributed by atoms with Crippen LogP contribution < -0.4 is 0 Å². The smallest absolute Gasteiger partial charge is 0.257 e. The van der Waals surface area contributed by atoms with Gasteiger partial charge in [0.15, 0.2) is 5.41 Å². The van der Waals surface area contributed by atoms with Crippen LogP contribution in [0.25, 0.3) is 5.57 Å². The molecule has 0 bridgehead atoms. The number of benzene rings is 2. The van der Waals surface area contributed by atoms with E-state index in [1.54, 1.807) is 35.2 Å². The van der Waals surface area contributed by atoms with Crippen molar-refractivity contribution in [3.63, 3.8) is 0 Å². The van der Waals surface area contributed by atoms with Crippen LogP contribution >= 0.6 is 0 Å². The van der Waals surface area contributed by atoms with Gasteiger partial charge in [-0.25, -0.2) is 0 Å². The average molecular weight is 338 g/mol. The molecule has 0 radical (unpaired) electrons. The van der Waals surface area contributed by atoms with Crippen molar-refractivity contribution >= 4 is 17.3 Å². The molecule has 0 saturated heterocycles. The molecule has 5 nitrogen and oxygen atoms in total. The number of nitrogens with zero attached hydrogens (tertiary/aromatic N) is 4. The van der Waals surface area contributed by atoms with Gasteiger partial charge in [0, 0.05) is 12.1 Å². The summed E-state index contributed by atoms with van der Waals surface area (Å²) in [6.07, 6.45) is 1.81. The van der Waals surface area contributed by atoms with E-state index in [0.29, 0.717) is 35.6 Å². The highest BCUT2D eigenvalue weighted by Gasteiger charge is 2.52. The Hall–Kier alpha value is -3.70. The number of fused-ring (bicyclic) bond motifs is 1. The van der Waals surface area contributed by atoms with E-state index >= 15 is 0 Å². The first kappa shape index (κ1) is 15.8. The number of hydrogen-bond donors (Lipinski definition) is 0. The fourth-order valence-electron chi connectivity index (χ4n) is 3.60. The normalized spacial score (nSPS) is 21.3. The molecule has 2 aliphatic heterocycles. The first-order valence-electron chi connectivity index (χ1n) is 8.27. The van der Waals surface area contributed by atoms with E-state index in [9.17, 15) is 15.3 Å². The zero-order chi connectivity index (χ0) is 18.1. The quantitative estimate of drug-likeness (QED) is 0.844. The van der Waals surface area contributed by atoms with Crippen molar-refractivity contribution in [1.29, 1.82) is 10.5 Å². The van der Waals surface area contributed by atoms with Crippen LogP contribution in [-0.4, -0.2) is 29.7 Å². The summed E-state index contributed by atoms with van der Waals surface area (Å²) in [6, 6.07) is 20.5. The number of nitriles is 2. The Morgan fingerprint density at radius 2 is 1.77 bits per heavy atom. The van der Waals surface area contributed by atoms with Crippen molar-refractivity contribution in [3.05, 3.63) is 77.4 Å². The van der Waals surface area contributed by atoms with E-state index in [4.69, 9.17) is 0 Å². The van der Waals surface area contributed by atoms with Crippen molar-refractivity contribution in [2.75, 3.05) is 13.1 Å². The third-order valence-electron chi connectivity index (χ3n) is 4.82. The lowest BCUT2D eigenvalue weighted by Crippen LogP contribution is -2.51. The zero-order valence-corrected chi connectivity index (χ0v) is 13.9. The number of hydrogen-bond acceptors (Lipinski definition) is 4. The molecule has 1 unspecified atom stereocenters. The minimum absolute atomic E-state index is 0.323. The van der Waals surface area contributed by atoms with Crippen LogP contribution in [0, 0.1) is 22.7 Å². The maximum Gasteiger partial charge on any atom is 0.257 e. The molecule has 0 spiro atoms. The van der Waals surface area contributed by atoms with Crippen LogP contribution in [0.1, 0.15) is 16.7 Å². The molecule has 2 heterocycles. The van der Waals surface area contributed by atoms with E-state index in [1.165, 1.54) is 0 Å². The molecule has 1 amide bonds. The molecule has 0 aliphatic carbocycles. The van der Waals surface area contributed by atoms with Gasteiger partial charge in [-0.2, -0.15) is 10.5 Å². The Labute approximate surface area is 151 Å². The summed E-state index contributed by atoms with van der Waals surface area (Å²) >= 11 is 0. The summed E-state index contributed by atoms with van der Waals surface area (Å²) in [5.74, 6) is 0.231. The number of amidine groups is 1. The summed E-state index contributed by atoms with van der Waals surface area (Å²) in [6.45, 7) is 0.964. The molecule has 26 heavy (non-hydrogen) atoms. The van der Waals surface area contributed by atoms with Crippen LogP contribution in [0.15, 0.2) is 65.7 Å². The summed E-state index contributed by atoms with van der Waals surface area (Å²) in [4.78, 5) is 19.4. The van der Waals surface area contributed by atoms with Gasteiger partial charge in [-0.1, -0.05) is 48.5 Å². The summed E-state index contributed by atoms with van der Waals surface area (Å²) in [5.41, 5.74) is 0.492. The van der Waals surface area contributed by atoms with Crippen LogP contribution in [-0.2, 0) is 10.2 Å². The van der Waals surface area contributed by atoms with Crippen molar-refractivity contribution in [2.24, 2.45) is 4.99 Å². The van der Waals surface area contributed by atoms with E-state index in [0.717, 1.165) is 5.56 Å². The molecular weight excluding hydrogens is 324 g/mol. The molecule has 124 valence electrons. The first-order valence-corrected chi connectivity index (χ1v) is 8.27. The van der Waals surface area contributed by atoms with Crippen molar-refractivity contribution in [1.82, 2.24) is 4.90 Å². The molecular formula is C21H14N4O. The first-order chi connectivity index (χ1) is 12.7. The Morgan fingerprint density at radius 3 is 2.50 bits per heavy atom. The Balaban J connectivity index is 2.07. The Morgan fingerprint density at radius 1 is 1.04 bits per heavy atom. The van der Waals surface area contributed by atoms with Crippen molar-refractivity contribution < 1.29 is 4.79 Å². The van der Waals surface area contributed by atoms with Gasteiger partial charge in [-0.05, 0) is 23.3 Å². The predicted octanol–water partition coefficient (Wildman–Crippen LogP) is 2.66. The fourth-order valence-corrected chi connectivity index (χ4v) is 3.60. The minimum atomic E-state index is -1.57. The lowest BCUT2D eigenvalue weighted by molar-refractivity contribution is -0.129. The number of carbonyl (C=O) groups is 1. The second-order valence-corrected chi connectivity index (χ2v) is 6.14. The monoisotopic (exact) mass is 338 g/mol. The van der Waals surface area contributed by atoms with Gasteiger partial charge in [0.2, 0.25) is 0 Å². The highest BCUT2D eigenvalue weighted by molar-refractivity contribution is 6.22. The van der Waals surface area contributed by atoms with Gasteiger partial charge < -0.3 is 0 Å². The largest absolute Gasteiger partial charge is 0.293 e. The molecule has 4 rings (SSSR count). The number of aliphatic imine (C=N–C) groups is 1.